The first-order chi connectivity index (χ1) is 19.9. The number of fused-ring (bicyclic) bond motifs is 1. The van der Waals surface area contributed by atoms with E-state index in [4.69, 9.17) is 0 Å². The highest BCUT2D eigenvalue weighted by Crippen LogP contribution is 2.33. The van der Waals surface area contributed by atoms with E-state index in [9.17, 15) is 26.7 Å². The van der Waals surface area contributed by atoms with Crippen molar-refractivity contribution in [2.45, 2.75) is 51.1 Å². The molecule has 1 aromatic carbocycles. The molecular weight excluding hydrogens is 569 g/mol. The molecule has 4 aromatic rings. The monoisotopic (exact) mass is 604 g/mol. The molecule has 226 valence electrons. The molecule has 1 atom stereocenters. The summed E-state index contributed by atoms with van der Waals surface area (Å²) in [5, 5.41) is 16.7. The van der Waals surface area contributed by atoms with Crippen LogP contribution in [0.5, 0.6) is 0 Å². The van der Waals surface area contributed by atoms with E-state index in [-0.39, 0.29) is 19.6 Å². The predicted octanol–water partition coefficient (Wildman–Crippen LogP) is 4.47. The molecule has 1 saturated heterocycles. The number of sulfonamides is 1. The first kappa shape index (κ1) is 30.2. The minimum Gasteiger partial charge on any atom is -0.390 e. The number of alkyl halides is 3. The van der Waals surface area contributed by atoms with Gasteiger partial charge in [0.2, 0.25) is 10.0 Å². The van der Waals surface area contributed by atoms with Crippen LogP contribution in [-0.2, 0) is 29.3 Å². The van der Waals surface area contributed by atoms with Crippen molar-refractivity contribution in [2.75, 3.05) is 32.4 Å². The molecule has 5 rings (SSSR count). The quantitative estimate of drug-likeness (QED) is 0.277. The number of aliphatic hydroxyl groups is 1. The molecule has 4 heterocycles. The fraction of sp³-hybridized carbons (Fsp3) is 0.448. The minimum absolute atomic E-state index is 0.0126. The highest BCUT2D eigenvalue weighted by atomic mass is 32.2. The summed E-state index contributed by atoms with van der Waals surface area (Å²) in [7, 11) is -3.52. The number of benzene rings is 1. The van der Waals surface area contributed by atoms with E-state index in [1.165, 1.54) is 22.0 Å². The Morgan fingerprint density at radius 3 is 2.50 bits per heavy atom. The zero-order valence-electron chi connectivity index (χ0n) is 23.5. The van der Waals surface area contributed by atoms with Crippen LogP contribution in [0.4, 0.5) is 13.2 Å². The van der Waals surface area contributed by atoms with Crippen molar-refractivity contribution in [3.05, 3.63) is 71.7 Å². The number of aliphatic hydroxyl groups excluding tert-OH is 1. The number of aromatic nitrogens is 4. The second-order valence-corrected chi connectivity index (χ2v) is 12.8. The number of halogens is 3. The van der Waals surface area contributed by atoms with E-state index in [2.05, 4.69) is 26.0 Å². The molecule has 0 amide bonds. The van der Waals surface area contributed by atoms with Crippen LogP contribution in [0.2, 0.25) is 0 Å². The van der Waals surface area contributed by atoms with E-state index >= 15 is 0 Å². The number of rotatable bonds is 10. The molecule has 0 bridgehead atoms. The highest BCUT2D eigenvalue weighted by molar-refractivity contribution is 7.88. The van der Waals surface area contributed by atoms with Crippen LogP contribution in [0.25, 0.3) is 22.3 Å². The lowest BCUT2D eigenvalue weighted by atomic mass is 9.89. The van der Waals surface area contributed by atoms with E-state index in [1.54, 1.807) is 24.0 Å². The van der Waals surface area contributed by atoms with Crippen molar-refractivity contribution in [1.29, 1.82) is 0 Å². The van der Waals surface area contributed by atoms with Crippen molar-refractivity contribution in [3.8, 4) is 11.3 Å². The van der Waals surface area contributed by atoms with Gasteiger partial charge in [0, 0.05) is 54.7 Å². The Kier molecular flexibility index (Phi) is 8.74. The van der Waals surface area contributed by atoms with Gasteiger partial charge < -0.3 is 15.0 Å². The first-order valence-corrected chi connectivity index (χ1v) is 15.8. The van der Waals surface area contributed by atoms with E-state index in [0.29, 0.717) is 29.3 Å². The Morgan fingerprint density at radius 1 is 1.14 bits per heavy atom. The lowest BCUT2D eigenvalue weighted by molar-refractivity contribution is -0.137. The predicted molar refractivity (Wildman–Crippen MR) is 154 cm³/mol. The third kappa shape index (κ3) is 6.86. The molecule has 9 nitrogen and oxygen atoms in total. The van der Waals surface area contributed by atoms with Crippen LogP contribution in [-0.4, -0.2) is 81.0 Å². The largest absolute Gasteiger partial charge is 0.416 e. The summed E-state index contributed by atoms with van der Waals surface area (Å²) in [5.74, 6) is 0.410. The van der Waals surface area contributed by atoms with Crippen LogP contribution in [0.1, 0.15) is 42.4 Å². The third-order valence-electron chi connectivity index (χ3n) is 7.87. The molecule has 0 saturated carbocycles. The molecule has 1 aliphatic rings. The second-order valence-electron chi connectivity index (χ2n) is 10.9. The van der Waals surface area contributed by atoms with Crippen molar-refractivity contribution in [2.24, 2.45) is 0 Å². The van der Waals surface area contributed by atoms with Crippen molar-refractivity contribution < 1.29 is 26.7 Å². The molecule has 0 radical (unpaired) electrons. The summed E-state index contributed by atoms with van der Waals surface area (Å²) in [5.41, 5.74) is 2.74. The van der Waals surface area contributed by atoms with Crippen LogP contribution < -0.4 is 0 Å². The number of hydrogen-bond acceptors (Lipinski definition) is 6. The molecule has 2 N–H and O–H groups in total. The van der Waals surface area contributed by atoms with E-state index in [0.717, 1.165) is 55.4 Å². The number of hydrogen-bond donors (Lipinski definition) is 2. The summed E-state index contributed by atoms with van der Waals surface area (Å²) < 4.78 is 66.7. The normalized spacial score (nSPS) is 16.5. The molecule has 0 aliphatic carbocycles. The average molecular weight is 605 g/mol. The van der Waals surface area contributed by atoms with Gasteiger partial charge in [0.05, 0.1) is 30.2 Å². The average Bonchev–Trinajstić information content (AvgIpc) is 3.55. The van der Waals surface area contributed by atoms with Crippen molar-refractivity contribution >= 4 is 21.1 Å². The summed E-state index contributed by atoms with van der Waals surface area (Å²) in [6.07, 6.45) is 3.29. The maximum Gasteiger partial charge on any atom is 0.416 e. The van der Waals surface area contributed by atoms with Gasteiger partial charge in [-0.05, 0) is 61.7 Å². The lowest BCUT2D eigenvalue weighted by Crippen LogP contribution is -2.39. The van der Waals surface area contributed by atoms with Gasteiger partial charge in [-0.3, -0.25) is 4.68 Å². The fourth-order valence-corrected chi connectivity index (χ4v) is 6.54. The number of likely N-dealkylation sites (tertiary alicyclic amines) is 1. The number of pyridine rings is 1. The highest BCUT2D eigenvalue weighted by Gasteiger charge is 2.30. The van der Waals surface area contributed by atoms with Gasteiger partial charge in [0.15, 0.2) is 0 Å². The summed E-state index contributed by atoms with van der Waals surface area (Å²) >= 11 is 0. The Balaban J connectivity index is 1.27. The molecule has 0 spiro atoms. The smallest absolute Gasteiger partial charge is 0.390 e. The van der Waals surface area contributed by atoms with Crippen LogP contribution in [0.3, 0.4) is 0 Å². The van der Waals surface area contributed by atoms with Gasteiger partial charge in [-0.2, -0.15) is 22.6 Å². The molecule has 42 heavy (non-hydrogen) atoms. The molecular formula is C29H35F3N6O3S. The Hall–Kier alpha value is -3.26. The fourth-order valence-electron chi connectivity index (χ4n) is 5.70. The minimum atomic E-state index is -4.47. The van der Waals surface area contributed by atoms with Crippen molar-refractivity contribution in [1.82, 2.24) is 29.0 Å². The standard InChI is InChI=1S/C29H35F3N6O3S/c1-3-38(42(2,40)41)17-22-16-37(35-27(22)21-6-8-23(9-7-21)29(30,31)32)19-24(39)18-36-13-10-20(11-14-36)26-15-34-28-25(26)5-4-12-33-28/h4-9,12,15-16,20,24,39H,3,10-11,13-14,17-19H2,1-2H3,(H,33,34). The van der Waals surface area contributed by atoms with E-state index < -0.39 is 27.9 Å². The van der Waals surface area contributed by atoms with Crippen LogP contribution in [0.15, 0.2) is 55.0 Å². The van der Waals surface area contributed by atoms with Gasteiger partial charge >= 0.3 is 6.18 Å². The Bertz CT molecular complexity index is 1610. The number of H-pyrrole nitrogens is 1. The summed E-state index contributed by atoms with van der Waals surface area (Å²) in [6, 6.07) is 8.66. The van der Waals surface area contributed by atoms with E-state index in [1.807, 2.05) is 12.3 Å². The maximum atomic E-state index is 13.1. The molecule has 1 fully saturated rings. The molecule has 1 aliphatic heterocycles. The van der Waals surface area contributed by atoms with Gasteiger partial charge in [0.1, 0.15) is 5.65 Å². The van der Waals surface area contributed by atoms with Gasteiger partial charge in [-0.15, -0.1) is 0 Å². The summed E-state index contributed by atoms with van der Waals surface area (Å²) in [4.78, 5) is 9.85. The van der Waals surface area contributed by atoms with Crippen LogP contribution in [0, 0.1) is 0 Å². The number of piperidine rings is 1. The Labute approximate surface area is 243 Å². The van der Waals surface area contributed by atoms with Crippen molar-refractivity contribution in [3.63, 3.8) is 0 Å². The third-order valence-corrected chi connectivity index (χ3v) is 9.19. The zero-order chi connectivity index (χ0) is 30.1. The van der Waals surface area contributed by atoms with Gasteiger partial charge in [-0.1, -0.05) is 19.1 Å². The SMILES string of the molecule is CCN(Cc1cn(CC(O)CN2CCC(c3c[nH]c4ncccc34)CC2)nc1-c1ccc(C(F)(F)F)cc1)S(C)(=O)=O. The Morgan fingerprint density at radius 2 is 1.86 bits per heavy atom. The summed E-state index contributed by atoms with van der Waals surface area (Å²) in [6.45, 7) is 4.21. The molecule has 1 unspecified atom stereocenters. The number of nitrogens with one attached hydrogen (secondary N) is 1. The zero-order valence-corrected chi connectivity index (χ0v) is 24.4. The number of aromatic amines is 1. The van der Waals surface area contributed by atoms with Gasteiger partial charge in [0.25, 0.3) is 0 Å². The number of nitrogens with zero attached hydrogens (tertiary/aromatic N) is 5. The van der Waals surface area contributed by atoms with Crippen LogP contribution >= 0.6 is 0 Å². The maximum absolute atomic E-state index is 13.1. The number of β-amino-alcohol motifs (C(OH)–C–C–N with tert-alkyl or cyclic N) is 1. The first-order valence-electron chi connectivity index (χ1n) is 13.9. The van der Waals surface area contributed by atoms with Gasteiger partial charge in [-0.25, -0.2) is 13.4 Å². The topological polar surface area (TPSA) is 107 Å². The molecule has 13 heteroatoms. The molecule has 3 aromatic heterocycles. The second kappa shape index (κ2) is 12.2. The lowest BCUT2D eigenvalue weighted by Gasteiger charge is -2.33.